The summed E-state index contributed by atoms with van der Waals surface area (Å²) in [5.74, 6) is -1.16. The Labute approximate surface area is 182 Å². The third-order valence-electron chi connectivity index (χ3n) is 4.90. The lowest BCUT2D eigenvalue weighted by molar-refractivity contribution is -0.336. The zero-order valence-electron chi connectivity index (χ0n) is 17.0. The Bertz CT molecular complexity index is 777. The lowest BCUT2D eigenvalue weighted by Crippen LogP contribution is -2.68. The molecule has 186 valence electrons. The monoisotopic (exact) mass is 489 g/mol. The Morgan fingerprint density at radius 3 is 2.09 bits per heavy atom. The van der Waals surface area contributed by atoms with Gasteiger partial charge in [0.05, 0.1) is 12.7 Å². The van der Waals surface area contributed by atoms with Gasteiger partial charge in [0, 0.05) is 13.3 Å². The molecule has 7 N–H and O–H groups in total. The highest BCUT2D eigenvalue weighted by Crippen LogP contribution is 2.31. The van der Waals surface area contributed by atoms with Crippen molar-refractivity contribution in [3.63, 3.8) is 0 Å². The minimum absolute atomic E-state index is 0.374. The van der Waals surface area contributed by atoms with Crippen molar-refractivity contribution in [1.29, 1.82) is 0 Å². The van der Waals surface area contributed by atoms with E-state index in [1.54, 1.807) is 0 Å². The molecule has 0 bridgehead atoms. The van der Waals surface area contributed by atoms with Crippen LogP contribution in [0.3, 0.4) is 0 Å². The number of aliphatic hydroxyl groups excluding tert-OH is 5. The van der Waals surface area contributed by atoms with E-state index in [-0.39, 0.29) is 6.42 Å². The molecule has 0 aromatic heterocycles. The number of Topliss-reactive ketones (excluding diaryl/α,β-unsaturated/α-hetero) is 1. The van der Waals surface area contributed by atoms with Gasteiger partial charge in [0.15, 0.2) is 12.6 Å². The number of aliphatic hydroxyl groups is 5. The van der Waals surface area contributed by atoms with Crippen molar-refractivity contribution in [2.75, 3.05) is 6.61 Å². The van der Waals surface area contributed by atoms with Crippen molar-refractivity contribution < 1.29 is 66.5 Å². The summed E-state index contributed by atoms with van der Waals surface area (Å²) in [5, 5.41) is 52.4. The topological polar surface area (TPSA) is 239 Å². The molecular formula is C16H27NO14S. The van der Waals surface area contributed by atoms with Crippen molar-refractivity contribution in [3.8, 4) is 0 Å². The van der Waals surface area contributed by atoms with Crippen molar-refractivity contribution in [3.05, 3.63) is 0 Å². The minimum atomic E-state index is -5.17. The van der Waals surface area contributed by atoms with E-state index in [9.17, 15) is 43.5 Å². The summed E-state index contributed by atoms with van der Waals surface area (Å²) < 4.78 is 52.3. The number of carbonyl (C=O) groups is 2. The third-order valence-corrected chi connectivity index (χ3v) is 5.36. The molecule has 32 heavy (non-hydrogen) atoms. The molecule has 0 spiro atoms. The summed E-state index contributed by atoms with van der Waals surface area (Å²) in [6.07, 6.45) is -16.1. The number of nitrogens with one attached hydrogen (secondary N) is 1. The molecule has 2 aliphatic rings. The van der Waals surface area contributed by atoms with Crippen LogP contribution in [-0.4, -0.2) is 118 Å². The molecule has 0 radical (unpaired) electrons. The van der Waals surface area contributed by atoms with Crippen LogP contribution in [0.2, 0.25) is 0 Å². The fourth-order valence-corrected chi connectivity index (χ4v) is 4.02. The van der Waals surface area contributed by atoms with E-state index in [2.05, 4.69) is 9.50 Å². The Hall–Kier alpha value is -1.31. The molecule has 1 amide bonds. The molecule has 0 unspecified atom stereocenters. The molecular weight excluding hydrogens is 462 g/mol. The zero-order valence-corrected chi connectivity index (χ0v) is 17.9. The van der Waals surface area contributed by atoms with Crippen molar-refractivity contribution in [2.24, 2.45) is 0 Å². The molecule has 0 aromatic carbocycles. The van der Waals surface area contributed by atoms with Gasteiger partial charge < -0.3 is 45.1 Å². The number of carbonyl (C=O) groups excluding carboxylic acids is 2. The number of ketones is 1. The third kappa shape index (κ3) is 6.61. The predicted octanol–water partition coefficient (Wildman–Crippen LogP) is -4.44. The van der Waals surface area contributed by atoms with Crippen LogP contribution in [0.15, 0.2) is 0 Å². The largest absolute Gasteiger partial charge is 0.397 e. The van der Waals surface area contributed by atoms with Gasteiger partial charge in [0.2, 0.25) is 5.91 Å². The van der Waals surface area contributed by atoms with E-state index >= 15 is 0 Å². The fourth-order valence-electron chi connectivity index (χ4n) is 3.51. The molecule has 0 aliphatic carbocycles. The average Bonchev–Trinajstić information content (AvgIpc) is 2.66. The van der Waals surface area contributed by atoms with Gasteiger partial charge in [-0.3, -0.25) is 14.1 Å². The predicted molar refractivity (Wildman–Crippen MR) is 98.8 cm³/mol. The van der Waals surface area contributed by atoms with Crippen LogP contribution in [0.4, 0.5) is 0 Å². The van der Waals surface area contributed by atoms with Crippen LogP contribution >= 0.6 is 0 Å². The van der Waals surface area contributed by atoms with Gasteiger partial charge in [-0.2, -0.15) is 8.42 Å². The SMILES string of the molecule is CC(=O)C[C@@H]1O[C@H](O[C@@H]2[C@H](NC(C)=O)[C@H](O)O[C@H](CO)[C@@H]2OS(=O)(=O)O)[C@H](O)[C@@H](O)[C@H]1O. The molecule has 2 heterocycles. The highest BCUT2D eigenvalue weighted by Gasteiger charge is 2.53. The Morgan fingerprint density at radius 2 is 1.59 bits per heavy atom. The molecule has 2 aliphatic heterocycles. The number of rotatable bonds is 8. The lowest BCUT2D eigenvalue weighted by atomic mass is 9.94. The smallest absolute Gasteiger partial charge is 0.394 e. The second kappa shape index (κ2) is 10.7. The first kappa shape index (κ1) is 26.9. The normalized spacial score (nSPS) is 40.6. The summed E-state index contributed by atoms with van der Waals surface area (Å²) in [6.45, 7) is 1.31. The zero-order chi connectivity index (χ0) is 24.4. The average molecular weight is 489 g/mol. The first-order valence-electron chi connectivity index (χ1n) is 9.47. The summed E-state index contributed by atoms with van der Waals surface area (Å²) in [7, 11) is -5.17. The number of hydrogen-bond donors (Lipinski definition) is 7. The van der Waals surface area contributed by atoms with Crippen LogP contribution in [0.1, 0.15) is 20.3 Å². The highest BCUT2D eigenvalue weighted by atomic mass is 32.3. The number of ether oxygens (including phenoxy) is 3. The van der Waals surface area contributed by atoms with Gasteiger partial charge in [0.25, 0.3) is 0 Å². The first-order chi connectivity index (χ1) is 14.7. The maximum absolute atomic E-state index is 11.6. The first-order valence-corrected chi connectivity index (χ1v) is 10.8. The number of hydrogen-bond acceptors (Lipinski definition) is 13. The van der Waals surface area contributed by atoms with Gasteiger partial charge in [-0.25, -0.2) is 4.18 Å². The van der Waals surface area contributed by atoms with Crippen LogP contribution < -0.4 is 5.32 Å². The second-order valence-electron chi connectivity index (χ2n) is 7.48. The summed E-state index contributed by atoms with van der Waals surface area (Å²) >= 11 is 0. The van der Waals surface area contributed by atoms with Crippen molar-refractivity contribution >= 4 is 22.1 Å². The highest BCUT2D eigenvalue weighted by molar-refractivity contribution is 7.80. The summed E-state index contributed by atoms with van der Waals surface area (Å²) in [5.41, 5.74) is 0. The second-order valence-corrected chi connectivity index (χ2v) is 8.53. The molecule has 0 aromatic rings. The molecule has 10 atom stereocenters. The molecule has 2 rings (SSSR count). The van der Waals surface area contributed by atoms with E-state index in [0.717, 1.165) is 6.92 Å². The Balaban J connectivity index is 2.40. The van der Waals surface area contributed by atoms with E-state index in [1.807, 2.05) is 0 Å². The van der Waals surface area contributed by atoms with Crippen LogP contribution in [-0.2, 0) is 38.4 Å². The Kier molecular flexibility index (Phi) is 9.05. The summed E-state index contributed by atoms with van der Waals surface area (Å²) in [4.78, 5) is 23.0. The summed E-state index contributed by atoms with van der Waals surface area (Å²) in [6, 6.07) is -1.56. The standard InChI is InChI=1S/C16H27NO14S/c1-5(19)3-7-10(21)11(22)12(23)16(29-7)30-14-9(17-6(2)20)15(24)28-8(4-18)13(14)31-32(25,26)27/h7-16,18,21-24H,3-4H2,1-2H3,(H,17,20)(H,25,26,27)/t7-,8+,9-,10-,11-,12+,13-,14+,15+,16+/m0/s1. The molecule has 15 nitrogen and oxygen atoms in total. The fraction of sp³-hybridized carbons (Fsp3) is 0.875. The molecule has 2 saturated heterocycles. The maximum Gasteiger partial charge on any atom is 0.397 e. The van der Waals surface area contributed by atoms with E-state index < -0.39 is 90.0 Å². The van der Waals surface area contributed by atoms with Gasteiger partial charge in [0.1, 0.15) is 48.4 Å². The number of amides is 1. The van der Waals surface area contributed by atoms with Crippen LogP contribution in [0, 0.1) is 0 Å². The van der Waals surface area contributed by atoms with E-state index in [0.29, 0.717) is 0 Å². The molecule has 16 heteroatoms. The van der Waals surface area contributed by atoms with Gasteiger partial charge >= 0.3 is 10.4 Å². The lowest BCUT2D eigenvalue weighted by Gasteiger charge is -2.47. The maximum atomic E-state index is 11.6. The van der Waals surface area contributed by atoms with Crippen LogP contribution in [0.5, 0.6) is 0 Å². The molecule has 2 fully saturated rings. The van der Waals surface area contributed by atoms with Crippen molar-refractivity contribution in [1.82, 2.24) is 5.32 Å². The van der Waals surface area contributed by atoms with Gasteiger partial charge in [-0.05, 0) is 6.92 Å². The molecule has 0 saturated carbocycles. The van der Waals surface area contributed by atoms with Crippen LogP contribution in [0.25, 0.3) is 0 Å². The quantitative estimate of drug-likeness (QED) is 0.159. The van der Waals surface area contributed by atoms with Gasteiger partial charge in [-0.15, -0.1) is 0 Å². The minimum Gasteiger partial charge on any atom is -0.394 e. The van der Waals surface area contributed by atoms with E-state index in [4.69, 9.17) is 18.8 Å². The Morgan fingerprint density at radius 1 is 0.969 bits per heavy atom. The van der Waals surface area contributed by atoms with E-state index in [1.165, 1.54) is 6.92 Å². The van der Waals surface area contributed by atoms with Gasteiger partial charge in [-0.1, -0.05) is 0 Å². The van der Waals surface area contributed by atoms with Crippen molar-refractivity contribution in [2.45, 2.75) is 81.6 Å².